The number of ketones is 2. The Morgan fingerprint density at radius 2 is 0.892 bits per heavy atom. The predicted octanol–water partition coefficient (Wildman–Crippen LogP) is 6.98. The minimum absolute atomic E-state index is 0.276. The first-order valence-electron chi connectivity index (χ1n) is 11.2. The number of rotatable bonds is 0. The number of alkyl halides is 6. The minimum atomic E-state index is -5.63. The first kappa shape index (κ1) is 24.6. The summed E-state index contributed by atoms with van der Waals surface area (Å²) >= 11 is 2.24. The number of halogens is 6. The number of allylic oxidation sites excluding steroid dienone is 14. The van der Waals surface area contributed by atoms with E-state index in [0.717, 1.165) is 23.5 Å². The summed E-state index contributed by atoms with van der Waals surface area (Å²) < 4.78 is 88.2. The minimum Gasteiger partial charge on any atom is -0.290 e. The van der Waals surface area contributed by atoms with Crippen LogP contribution in [0.1, 0.15) is 13.8 Å². The van der Waals surface area contributed by atoms with Gasteiger partial charge < -0.3 is 0 Å². The van der Waals surface area contributed by atoms with E-state index in [9.17, 15) is 18.4 Å². The van der Waals surface area contributed by atoms with Gasteiger partial charge in [-0.3, -0.25) is 9.59 Å². The zero-order chi connectivity index (χ0) is 26.8. The SMILES string of the molecule is CC12SC(=C3C=CC(=O)C=C3)C=C1C1=C(C3=CC(=C4C=CC(=O)C=C4)SC32C)C(F)(F)C(F)(F)C1(F)F. The fourth-order valence-corrected chi connectivity index (χ4v) is 8.57. The lowest BCUT2D eigenvalue weighted by Gasteiger charge is -2.48. The van der Waals surface area contributed by atoms with Gasteiger partial charge >= 0.3 is 17.8 Å². The highest BCUT2D eigenvalue weighted by atomic mass is 32.2. The molecule has 0 saturated heterocycles. The van der Waals surface area contributed by atoms with E-state index in [1.165, 1.54) is 60.8 Å². The van der Waals surface area contributed by atoms with Gasteiger partial charge in [0.25, 0.3) is 0 Å². The molecule has 2 nitrogen and oxygen atoms in total. The number of hydrogen-bond acceptors (Lipinski definition) is 4. The second-order valence-electron chi connectivity index (χ2n) is 9.64. The first-order valence-corrected chi connectivity index (χ1v) is 12.8. The molecule has 190 valence electrons. The monoisotopic (exact) mass is 550 g/mol. The molecule has 0 bridgehead atoms. The molecule has 0 amide bonds. The molecule has 4 aliphatic carbocycles. The maximum absolute atomic E-state index is 15.3. The summed E-state index contributed by atoms with van der Waals surface area (Å²) in [5, 5.41) is 0. The van der Waals surface area contributed by atoms with E-state index in [1.54, 1.807) is 13.8 Å². The van der Waals surface area contributed by atoms with Gasteiger partial charge in [-0.2, -0.15) is 26.3 Å². The lowest BCUT2D eigenvalue weighted by molar-refractivity contribution is -0.263. The first-order chi connectivity index (χ1) is 17.1. The molecule has 0 saturated carbocycles. The third-order valence-corrected chi connectivity index (χ3v) is 10.9. The molecule has 2 aliphatic heterocycles. The summed E-state index contributed by atoms with van der Waals surface area (Å²) in [6, 6.07) is 0. The average molecular weight is 551 g/mol. The molecule has 0 spiro atoms. The van der Waals surface area contributed by atoms with Crippen LogP contribution in [0.4, 0.5) is 26.3 Å². The number of carbonyl (C=O) groups is 2. The van der Waals surface area contributed by atoms with Crippen molar-refractivity contribution >= 4 is 35.1 Å². The van der Waals surface area contributed by atoms with E-state index in [4.69, 9.17) is 0 Å². The van der Waals surface area contributed by atoms with Gasteiger partial charge in [0.15, 0.2) is 11.6 Å². The van der Waals surface area contributed by atoms with Crippen molar-refractivity contribution in [1.82, 2.24) is 0 Å². The molecule has 2 heterocycles. The molecule has 0 radical (unpaired) electrons. The maximum atomic E-state index is 15.3. The Balaban J connectivity index is 1.65. The topological polar surface area (TPSA) is 34.1 Å². The van der Waals surface area contributed by atoms with E-state index in [-0.39, 0.29) is 22.7 Å². The third-order valence-electron chi connectivity index (χ3n) is 7.60. The Morgan fingerprint density at radius 1 is 0.568 bits per heavy atom. The van der Waals surface area contributed by atoms with E-state index >= 15 is 17.6 Å². The Labute approximate surface area is 216 Å². The van der Waals surface area contributed by atoms with Crippen LogP contribution in [-0.4, -0.2) is 38.8 Å². The van der Waals surface area contributed by atoms with Gasteiger partial charge in [-0.15, -0.1) is 23.5 Å². The van der Waals surface area contributed by atoms with Crippen LogP contribution in [-0.2, 0) is 9.59 Å². The largest absolute Gasteiger partial charge is 0.380 e. The summed E-state index contributed by atoms with van der Waals surface area (Å²) in [6.45, 7) is 3.19. The van der Waals surface area contributed by atoms with E-state index < -0.39 is 38.4 Å². The summed E-state index contributed by atoms with van der Waals surface area (Å²) in [4.78, 5) is 24.0. The summed E-state index contributed by atoms with van der Waals surface area (Å²) in [5.74, 6) is -16.4. The smallest absolute Gasteiger partial charge is 0.290 e. The van der Waals surface area contributed by atoms with Gasteiger partial charge in [0, 0.05) is 21.0 Å². The Morgan fingerprint density at radius 3 is 1.22 bits per heavy atom. The molecule has 0 aromatic heterocycles. The average Bonchev–Trinajstić information content (AvgIpc) is 3.40. The van der Waals surface area contributed by atoms with Crippen LogP contribution in [0.2, 0.25) is 0 Å². The second kappa shape index (κ2) is 7.22. The standard InChI is InChI=1S/C27H16F6O2S2/c1-23-17(11-19(36-23)13-3-7-15(34)8-4-13)21-22(26(30,31)27(32,33)25(21,28)29)18-12-20(37-24(18,23)2)14-5-9-16(35)10-6-14/h3-12H,1-2H3. The van der Waals surface area contributed by atoms with Gasteiger partial charge in [0.05, 0.1) is 9.49 Å². The highest BCUT2D eigenvalue weighted by Crippen LogP contribution is 2.75. The second-order valence-corrected chi connectivity index (χ2v) is 12.6. The molecule has 6 aliphatic rings. The van der Waals surface area contributed by atoms with Crippen molar-refractivity contribution in [2.75, 3.05) is 0 Å². The van der Waals surface area contributed by atoms with Crippen molar-refractivity contribution in [2.45, 2.75) is 41.1 Å². The molecule has 0 aromatic carbocycles. The molecular formula is C27H16F6O2S2. The van der Waals surface area contributed by atoms with Crippen LogP contribution >= 0.6 is 23.5 Å². The molecule has 0 aromatic rings. The number of carbonyl (C=O) groups excluding carboxylic acids is 2. The number of fused-ring (bicyclic) bond motifs is 5. The highest BCUT2D eigenvalue weighted by molar-refractivity contribution is 8.09. The zero-order valence-electron chi connectivity index (χ0n) is 19.2. The lowest BCUT2D eigenvalue weighted by atomic mass is 9.69. The van der Waals surface area contributed by atoms with Gasteiger partial charge in [0.2, 0.25) is 0 Å². The Kier molecular flexibility index (Phi) is 4.81. The van der Waals surface area contributed by atoms with Crippen molar-refractivity contribution in [1.29, 1.82) is 0 Å². The fourth-order valence-electron chi connectivity index (χ4n) is 5.43. The van der Waals surface area contributed by atoms with Crippen molar-refractivity contribution in [3.63, 3.8) is 0 Å². The van der Waals surface area contributed by atoms with Gasteiger partial charge in [-0.05, 0) is 96.9 Å². The Bertz CT molecular complexity index is 1370. The van der Waals surface area contributed by atoms with Gasteiger partial charge in [0.1, 0.15) is 0 Å². The van der Waals surface area contributed by atoms with E-state index in [1.807, 2.05) is 0 Å². The van der Waals surface area contributed by atoms with E-state index in [2.05, 4.69) is 0 Å². The molecular weight excluding hydrogens is 534 g/mol. The molecule has 2 unspecified atom stereocenters. The number of hydrogen-bond donors (Lipinski definition) is 0. The lowest BCUT2D eigenvalue weighted by Crippen LogP contribution is -2.50. The van der Waals surface area contributed by atoms with E-state index in [0.29, 0.717) is 21.0 Å². The Hall–Kier alpha value is -2.72. The predicted molar refractivity (Wildman–Crippen MR) is 131 cm³/mol. The third kappa shape index (κ3) is 2.88. The van der Waals surface area contributed by atoms with Crippen LogP contribution in [0.5, 0.6) is 0 Å². The van der Waals surface area contributed by atoms with Crippen LogP contribution in [0.3, 0.4) is 0 Å². The molecule has 0 N–H and O–H groups in total. The summed E-state index contributed by atoms with van der Waals surface area (Å²) in [6.07, 6.45) is 13.6. The van der Waals surface area contributed by atoms with Gasteiger partial charge in [-0.25, -0.2) is 0 Å². The summed E-state index contributed by atoms with van der Waals surface area (Å²) in [7, 11) is 0. The van der Waals surface area contributed by atoms with Crippen molar-refractivity contribution in [2.24, 2.45) is 0 Å². The molecule has 0 fully saturated rings. The van der Waals surface area contributed by atoms with Gasteiger partial charge in [-0.1, -0.05) is 0 Å². The quantitative estimate of drug-likeness (QED) is 0.305. The van der Waals surface area contributed by atoms with Crippen LogP contribution in [0.25, 0.3) is 0 Å². The van der Waals surface area contributed by atoms with Crippen LogP contribution < -0.4 is 0 Å². The van der Waals surface area contributed by atoms with Crippen LogP contribution in [0, 0.1) is 0 Å². The molecule has 10 heteroatoms. The molecule has 37 heavy (non-hydrogen) atoms. The number of thioether (sulfide) groups is 2. The maximum Gasteiger partial charge on any atom is 0.380 e. The molecule has 6 rings (SSSR count). The zero-order valence-corrected chi connectivity index (χ0v) is 20.8. The fraction of sp³-hybridized carbons (Fsp3) is 0.259. The highest BCUT2D eigenvalue weighted by Gasteiger charge is 2.84. The molecule has 2 atom stereocenters. The van der Waals surface area contributed by atoms with Crippen LogP contribution in [0.15, 0.2) is 104 Å². The van der Waals surface area contributed by atoms with Crippen molar-refractivity contribution in [3.05, 3.63) is 104 Å². The van der Waals surface area contributed by atoms with Crippen molar-refractivity contribution < 1.29 is 35.9 Å². The normalized spacial score (nSPS) is 34.3. The summed E-state index contributed by atoms with van der Waals surface area (Å²) in [5.41, 5.74) is -2.26. The van der Waals surface area contributed by atoms with Crippen molar-refractivity contribution in [3.8, 4) is 0 Å².